The molecule has 5 heteroatoms. The standard InChI is InChI=1S/C64H132N.C18H11BO3/c1-5-9-13-17-21-25-29-33-37-41-45-49-53-57-61-65(62-58-54-50-46-42-38-34-30-26-22-18-14-10-6-2,63-59-55-51-47-43-39-35-31-27-23-19-15-11-7-3)64-60-56-52-48-44-40-36-32-28-24-20-16-12-8-4;20-19(21)22-17-7-3-6-12-8-9-15-10-13-4-1-2-5-14(13)11-16(15)18(12)17/h5-64H2,1-4H3;1-11H/q+1;-2. The normalized spacial score (nSPS) is 11.8. The molecule has 0 unspecified atom stereocenters. The van der Waals surface area contributed by atoms with Crippen molar-refractivity contribution in [2.45, 2.75) is 387 Å². The summed E-state index contributed by atoms with van der Waals surface area (Å²) in [6.07, 6.45) is 82.7. The van der Waals surface area contributed by atoms with Gasteiger partial charge in [0.25, 0.3) is 0 Å². The number of benzene rings is 4. The Bertz CT molecular complexity index is 1970. The molecular weight excluding hydrogens is 1060 g/mol. The maximum atomic E-state index is 10.9. The summed E-state index contributed by atoms with van der Waals surface area (Å²) in [5.41, 5.74) is 0. The Morgan fingerprint density at radius 3 is 0.782 bits per heavy atom. The van der Waals surface area contributed by atoms with Crippen LogP contribution in [0.25, 0.3) is 32.3 Å². The van der Waals surface area contributed by atoms with Gasteiger partial charge < -0.3 is 19.2 Å². The highest BCUT2D eigenvalue weighted by Crippen LogP contribution is 2.35. The fourth-order valence-electron chi connectivity index (χ4n) is 14.2. The van der Waals surface area contributed by atoms with Crippen molar-refractivity contribution < 1.29 is 19.2 Å². The summed E-state index contributed by atoms with van der Waals surface area (Å²) in [4.78, 5) is 0. The van der Waals surface area contributed by atoms with Gasteiger partial charge in [0.2, 0.25) is 0 Å². The number of rotatable bonds is 62. The highest BCUT2D eigenvalue weighted by Gasteiger charge is 2.26. The van der Waals surface area contributed by atoms with Crippen LogP contribution in [0.1, 0.15) is 387 Å². The third kappa shape index (κ3) is 41.5. The molecule has 0 aliphatic heterocycles. The van der Waals surface area contributed by atoms with Gasteiger partial charge in [-0.2, -0.15) is 0 Å². The molecule has 0 fully saturated rings. The van der Waals surface area contributed by atoms with Crippen LogP contribution in [0, 0.1) is 0 Å². The van der Waals surface area contributed by atoms with Crippen LogP contribution in [0.2, 0.25) is 0 Å². The van der Waals surface area contributed by atoms with Crippen molar-refractivity contribution in [3.05, 3.63) is 66.7 Å². The molecule has 0 aromatic heterocycles. The number of unbranched alkanes of at least 4 members (excludes halogenated alkanes) is 52. The molecule has 0 atom stereocenters. The van der Waals surface area contributed by atoms with E-state index in [1.807, 2.05) is 36.4 Å². The van der Waals surface area contributed by atoms with Gasteiger partial charge in [0.05, 0.1) is 26.2 Å². The number of hydrogen-bond acceptors (Lipinski definition) is 3. The summed E-state index contributed by atoms with van der Waals surface area (Å²) in [7, 11) is -2.33. The topological polar surface area (TPSA) is 55.3 Å². The van der Waals surface area contributed by atoms with E-state index in [1.54, 1.807) is 12.1 Å². The molecule has 0 bridgehead atoms. The minimum absolute atomic E-state index is 0.341. The minimum Gasteiger partial charge on any atom is -0.860 e. The van der Waals surface area contributed by atoms with E-state index >= 15 is 0 Å². The van der Waals surface area contributed by atoms with Crippen LogP contribution in [0.3, 0.4) is 0 Å². The van der Waals surface area contributed by atoms with E-state index in [-0.39, 0.29) is 0 Å². The number of quaternary nitrogens is 1. The maximum absolute atomic E-state index is 10.9. The second kappa shape index (κ2) is 57.3. The average Bonchev–Trinajstić information content (AvgIpc) is 0.982. The molecule has 4 rings (SSSR count). The number of nitrogens with zero attached hydrogens (tertiary/aromatic N) is 1. The van der Waals surface area contributed by atoms with Gasteiger partial charge in [-0.3, -0.25) is 0 Å². The van der Waals surface area contributed by atoms with Gasteiger partial charge in [-0.25, -0.2) is 0 Å². The quantitative estimate of drug-likeness (QED) is 0.0146. The average molecular weight is 1200 g/mol. The molecule has 0 radical (unpaired) electrons. The van der Waals surface area contributed by atoms with Crippen LogP contribution < -0.4 is 14.7 Å². The van der Waals surface area contributed by atoms with Gasteiger partial charge in [0.1, 0.15) is 13.1 Å². The van der Waals surface area contributed by atoms with E-state index in [9.17, 15) is 10.0 Å². The van der Waals surface area contributed by atoms with Crippen LogP contribution in [0.4, 0.5) is 0 Å². The third-order valence-electron chi connectivity index (χ3n) is 19.9. The molecular formula is C82H143BNO3-. The second-order valence-electron chi connectivity index (χ2n) is 27.9. The minimum atomic E-state index is -2.33. The van der Waals surface area contributed by atoms with Crippen molar-refractivity contribution in [2.75, 3.05) is 26.2 Å². The number of fused-ring (bicyclic) bond motifs is 4. The molecule has 0 amide bonds. The van der Waals surface area contributed by atoms with Crippen molar-refractivity contribution >= 4 is 39.6 Å². The lowest BCUT2D eigenvalue weighted by Crippen LogP contribution is -2.50. The molecule has 4 aromatic rings. The Hall–Kier alpha value is -2.60. The van der Waals surface area contributed by atoms with Crippen LogP contribution in [-0.4, -0.2) is 38.0 Å². The molecule has 0 aliphatic carbocycles. The summed E-state index contributed by atoms with van der Waals surface area (Å²) >= 11 is 0. The molecule has 0 N–H and O–H groups in total. The zero-order valence-electron chi connectivity index (χ0n) is 58.5. The van der Waals surface area contributed by atoms with Crippen LogP contribution in [-0.2, 0) is 0 Å². The Morgan fingerprint density at radius 2 is 0.506 bits per heavy atom. The van der Waals surface area contributed by atoms with Gasteiger partial charge in [-0.1, -0.05) is 384 Å². The van der Waals surface area contributed by atoms with Crippen molar-refractivity contribution in [3.63, 3.8) is 0 Å². The van der Waals surface area contributed by atoms with Gasteiger partial charge in [-0.05, 0) is 96.5 Å². The van der Waals surface area contributed by atoms with Crippen molar-refractivity contribution in [3.8, 4) is 5.75 Å². The van der Waals surface area contributed by atoms with Gasteiger partial charge >= 0.3 is 0 Å². The lowest BCUT2D eigenvalue weighted by atomic mass is 9.97. The third-order valence-corrected chi connectivity index (χ3v) is 19.9. The Balaban J connectivity index is 0.000000733. The summed E-state index contributed by atoms with van der Waals surface area (Å²) in [6, 6.07) is 21.7. The van der Waals surface area contributed by atoms with E-state index < -0.39 is 7.32 Å². The zero-order chi connectivity index (χ0) is 62.0. The predicted octanol–water partition coefficient (Wildman–Crippen LogP) is 26.0. The van der Waals surface area contributed by atoms with Crippen molar-refractivity contribution in [2.24, 2.45) is 0 Å². The highest BCUT2D eigenvalue weighted by atomic mass is 16.6. The Labute approximate surface area is 541 Å². The van der Waals surface area contributed by atoms with Crippen molar-refractivity contribution in [1.29, 1.82) is 0 Å². The van der Waals surface area contributed by atoms with E-state index in [0.29, 0.717) is 5.75 Å². The molecule has 4 nitrogen and oxygen atoms in total. The van der Waals surface area contributed by atoms with E-state index in [0.717, 1.165) is 32.3 Å². The molecule has 87 heavy (non-hydrogen) atoms. The van der Waals surface area contributed by atoms with Crippen LogP contribution in [0.15, 0.2) is 66.7 Å². The molecule has 0 spiro atoms. The van der Waals surface area contributed by atoms with Gasteiger partial charge in [0.15, 0.2) is 0 Å². The van der Waals surface area contributed by atoms with E-state index in [4.69, 9.17) is 4.65 Å². The second-order valence-corrected chi connectivity index (χ2v) is 27.9. The lowest BCUT2D eigenvalue weighted by molar-refractivity contribution is -0.929. The lowest BCUT2D eigenvalue weighted by Gasteiger charge is -2.40. The first-order valence-corrected chi connectivity index (χ1v) is 39.1. The molecule has 4 aromatic carbocycles. The highest BCUT2D eigenvalue weighted by molar-refractivity contribution is 6.30. The summed E-state index contributed by atoms with van der Waals surface area (Å²) < 4.78 is 6.43. The SMILES string of the molecule is CCCCCCCCCCCCCCCC[N+](CCCCCCCCCCCCCCCC)(CCCCCCCCCCCCCCCC)CCCCCCCCCCCCCCCC.[O-]B([O-])Oc1cccc2ccc3cc4ccccc4cc3c12. The first-order valence-electron chi connectivity index (χ1n) is 39.1. The monoisotopic (exact) mass is 1200 g/mol. The first-order chi connectivity index (χ1) is 43.0. The molecule has 0 aliphatic rings. The zero-order valence-corrected chi connectivity index (χ0v) is 58.5. The fraction of sp³-hybridized carbons (Fsp3) is 0.780. The van der Waals surface area contributed by atoms with Crippen molar-refractivity contribution in [1.82, 2.24) is 0 Å². The van der Waals surface area contributed by atoms with Crippen LogP contribution in [0.5, 0.6) is 5.75 Å². The summed E-state index contributed by atoms with van der Waals surface area (Å²) in [5, 5.41) is 27.9. The Kier molecular flexibility index (Phi) is 51.8. The molecule has 0 saturated carbocycles. The van der Waals surface area contributed by atoms with E-state index in [1.165, 1.54) is 390 Å². The van der Waals surface area contributed by atoms with Gasteiger partial charge in [0, 0.05) is 5.39 Å². The summed E-state index contributed by atoms with van der Waals surface area (Å²) in [6.45, 7) is 15.3. The number of hydrogen-bond donors (Lipinski definition) is 0. The van der Waals surface area contributed by atoms with E-state index in [2.05, 4.69) is 45.9 Å². The van der Waals surface area contributed by atoms with Crippen LogP contribution >= 0.6 is 0 Å². The van der Waals surface area contributed by atoms with Gasteiger partial charge in [-0.15, -0.1) is 0 Å². The molecule has 0 saturated heterocycles. The molecule has 498 valence electrons. The smallest absolute Gasteiger partial charge is 0.133 e. The largest absolute Gasteiger partial charge is 0.860 e. The maximum Gasteiger partial charge on any atom is 0.133 e. The summed E-state index contributed by atoms with van der Waals surface area (Å²) in [5.74, 6) is 0.341. The molecule has 0 heterocycles. The Morgan fingerprint density at radius 1 is 0.264 bits per heavy atom. The fourth-order valence-corrected chi connectivity index (χ4v) is 14.2. The predicted molar refractivity (Wildman–Crippen MR) is 386 cm³/mol. The first kappa shape index (κ1) is 78.6.